The van der Waals surface area contributed by atoms with Gasteiger partial charge < -0.3 is 29.6 Å². The van der Waals surface area contributed by atoms with E-state index in [0.29, 0.717) is 44.3 Å². The molecule has 0 spiro atoms. The lowest BCUT2D eigenvalue weighted by Crippen LogP contribution is -2.51. The molecule has 31 heavy (non-hydrogen) atoms. The second-order valence-corrected chi connectivity index (χ2v) is 7.96. The normalized spacial score (nSPS) is 24.7. The SMILES string of the molecule is COCC1CN(C(=O)Cn2c(N3CC[C@@H](F)[C@H](N)C3)nc3cc(F)c(F)cc32)CCO1. The van der Waals surface area contributed by atoms with Crippen LogP contribution in [0.5, 0.6) is 0 Å². The lowest BCUT2D eigenvalue weighted by molar-refractivity contribution is -0.141. The molecule has 1 aromatic carbocycles. The first-order chi connectivity index (χ1) is 14.9. The molecule has 1 aromatic heterocycles. The average Bonchev–Trinajstić information content (AvgIpc) is 3.08. The van der Waals surface area contributed by atoms with Crippen molar-refractivity contribution in [1.82, 2.24) is 14.5 Å². The van der Waals surface area contributed by atoms with Crippen LogP contribution in [-0.4, -0.2) is 85.2 Å². The van der Waals surface area contributed by atoms with Crippen LogP contribution in [-0.2, 0) is 20.8 Å². The van der Waals surface area contributed by atoms with Crippen LogP contribution in [0.15, 0.2) is 12.1 Å². The van der Waals surface area contributed by atoms with Gasteiger partial charge in [0.1, 0.15) is 12.7 Å². The van der Waals surface area contributed by atoms with Gasteiger partial charge in [-0.3, -0.25) is 4.79 Å². The van der Waals surface area contributed by atoms with Gasteiger partial charge in [0, 0.05) is 45.4 Å². The third-order valence-corrected chi connectivity index (χ3v) is 5.76. The van der Waals surface area contributed by atoms with E-state index in [2.05, 4.69) is 4.98 Å². The van der Waals surface area contributed by atoms with Crippen molar-refractivity contribution in [2.45, 2.75) is 31.3 Å². The number of alkyl halides is 1. The summed E-state index contributed by atoms with van der Waals surface area (Å²) in [4.78, 5) is 20.9. The number of nitrogens with two attached hydrogens (primary N) is 1. The Morgan fingerprint density at radius 3 is 2.81 bits per heavy atom. The van der Waals surface area contributed by atoms with Crippen LogP contribution in [0.25, 0.3) is 11.0 Å². The van der Waals surface area contributed by atoms with Gasteiger partial charge in [0.05, 0.1) is 36.4 Å². The fourth-order valence-corrected chi connectivity index (χ4v) is 4.11. The van der Waals surface area contributed by atoms with Crippen molar-refractivity contribution in [3.8, 4) is 0 Å². The maximum atomic E-state index is 14.0. The zero-order chi connectivity index (χ0) is 22.1. The monoisotopic (exact) mass is 441 g/mol. The Balaban J connectivity index is 1.65. The smallest absolute Gasteiger partial charge is 0.242 e. The summed E-state index contributed by atoms with van der Waals surface area (Å²) in [6, 6.07) is 1.32. The van der Waals surface area contributed by atoms with E-state index in [9.17, 15) is 18.0 Å². The quantitative estimate of drug-likeness (QED) is 0.747. The first-order valence-corrected chi connectivity index (χ1v) is 10.3. The minimum atomic E-state index is -1.13. The molecule has 0 bridgehead atoms. The summed E-state index contributed by atoms with van der Waals surface area (Å²) in [5.41, 5.74) is 6.40. The number of halogens is 3. The molecule has 11 heteroatoms. The Labute approximate surface area is 177 Å². The predicted molar refractivity (Wildman–Crippen MR) is 108 cm³/mol. The number of rotatable bonds is 5. The maximum absolute atomic E-state index is 14.0. The molecule has 1 amide bonds. The lowest BCUT2D eigenvalue weighted by Gasteiger charge is -2.35. The number of carbonyl (C=O) groups is 1. The molecule has 2 fully saturated rings. The maximum Gasteiger partial charge on any atom is 0.242 e. The molecule has 1 unspecified atom stereocenters. The molecule has 3 heterocycles. The number of methoxy groups -OCH3 is 1. The highest BCUT2D eigenvalue weighted by Crippen LogP contribution is 2.28. The van der Waals surface area contributed by atoms with Crippen LogP contribution >= 0.6 is 0 Å². The van der Waals surface area contributed by atoms with Crippen LogP contribution in [0.2, 0.25) is 0 Å². The van der Waals surface area contributed by atoms with Gasteiger partial charge in [0.25, 0.3) is 0 Å². The van der Waals surface area contributed by atoms with Crippen molar-refractivity contribution in [3.05, 3.63) is 23.8 Å². The molecular formula is C20H26F3N5O3. The van der Waals surface area contributed by atoms with Gasteiger partial charge in [-0.05, 0) is 6.42 Å². The summed E-state index contributed by atoms with van der Waals surface area (Å²) in [7, 11) is 1.56. The summed E-state index contributed by atoms with van der Waals surface area (Å²) < 4.78 is 53.9. The van der Waals surface area contributed by atoms with Crippen molar-refractivity contribution in [2.75, 3.05) is 51.4 Å². The number of nitrogens with zero attached hydrogens (tertiary/aromatic N) is 4. The molecule has 2 saturated heterocycles. The molecular weight excluding hydrogens is 415 g/mol. The number of aromatic nitrogens is 2. The van der Waals surface area contributed by atoms with E-state index in [4.69, 9.17) is 15.2 Å². The molecule has 8 nitrogen and oxygen atoms in total. The predicted octanol–water partition coefficient (Wildman–Crippen LogP) is 1.06. The second-order valence-electron chi connectivity index (χ2n) is 7.96. The summed E-state index contributed by atoms with van der Waals surface area (Å²) in [6.07, 6.45) is -1.14. The molecule has 2 aliphatic heterocycles. The molecule has 4 rings (SSSR count). The molecule has 3 atom stereocenters. The van der Waals surface area contributed by atoms with Gasteiger partial charge in [-0.25, -0.2) is 18.2 Å². The molecule has 2 N–H and O–H groups in total. The van der Waals surface area contributed by atoms with E-state index in [0.717, 1.165) is 12.1 Å². The first-order valence-electron chi connectivity index (χ1n) is 10.3. The Bertz CT molecular complexity index is 954. The molecule has 0 radical (unpaired) electrons. The van der Waals surface area contributed by atoms with Gasteiger partial charge >= 0.3 is 0 Å². The topological polar surface area (TPSA) is 85.9 Å². The third-order valence-electron chi connectivity index (χ3n) is 5.76. The number of ether oxygens (including phenoxy) is 2. The van der Waals surface area contributed by atoms with E-state index >= 15 is 0 Å². The van der Waals surface area contributed by atoms with Crippen LogP contribution in [0.3, 0.4) is 0 Å². The average molecular weight is 441 g/mol. The third kappa shape index (κ3) is 4.48. The first kappa shape index (κ1) is 21.8. The highest BCUT2D eigenvalue weighted by molar-refractivity contribution is 5.83. The van der Waals surface area contributed by atoms with Crippen LogP contribution < -0.4 is 10.6 Å². The van der Waals surface area contributed by atoms with Crippen molar-refractivity contribution < 1.29 is 27.4 Å². The highest BCUT2D eigenvalue weighted by Gasteiger charge is 2.31. The molecule has 170 valence electrons. The summed E-state index contributed by atoms with van der Waals surface area (Å²) in [5.74, 6) is -1.92. The summed E-state index contributed by atoms with van der Waals surface area (Å²) in [6.45, 7) is 1.95. The van der Waals surface area contributed by atoms with Crippen LogP contribution in [0, 0.1) is 11.6 Å². The zero-order valence-electron chi connectivity index (χ0n) is 17.3. The number of benzene rings is 1. The van der Waals surface area contributed by atoms with Gasteiger partial charge in [0.2, 0.25) is 11.9 Å². The lowest BCUT2D eigenvalue weighted by atomic mass is 10.1. The van der Waals surface area contributed by atoms with Gasteiger partial charge in [0.15, 0.2) is 11.6 Å². The van der Waals surface area contributed by atoms with E-state index in [1.807, 2.05) is 0 Å². The number of carbonyl (C=O) groups excluding carboxylic acids is 1. The van der Waals surface area contributed by atoms with Crippen molar-refractivity contribution in [2.24, 2.45) is 5.73 Å². The van der Waals surface area contributed by atoms with Gasteiger partial charge in [-0.1, -0.05) is 0 Å². The number of anilines is 1. The summed E-state index contributed by atoms with van der Waals surface area (Å²) >= 11 is 0. The zero-order valence-corrected chi connectivity index (χ0v) is 17.3. The van der Waals surface area contributed by atoms with Crippen LogP contribution in [0.4, 0.5) is 19.1 Å². The van der Waals surface area contributed by atoms with Crippen molar-refractivity contribution in [3.63, 3.8) is 0 Å². The van der Waals surface area contributed by atoms with Gasteiger partial charge in [-0.15, -0.1) is 0 Å². The van der Waals surface area contributed by atoms with E-state index in [1.165, 1.54) is 0 Å². The number of imidazole rings is 1. The Hall–Kier alpha value is -2.37. The molecule has 0 aliphatic carbocycles. The van der Waals surface area contributed by atoms with Gasteiger partial charge in [-0.2, -0.15) is 0 Å². The van der Waals surface area contributed by atoms with Crippen molar-refractivity contribution >= 4 is 22.9 Å². The Morgan fingerprint density at radius 1 is 1.29 bits per heavy atom. The second kappa shape index (κ2) is 9.01. The van der Waals surface area contributed by atoms with E-state index in [-0.39, 0.29) is 37.0 Å². The molecule has 2 aliphatic rings. The van der Waals surface area contributed by atoms with Crippen LogP contribution in [0.1, 0.15) is 6.42 Å². The molecule has 2 aromatic rings. The van der Waals surface area contributed by atoms with E-state index < -0.39 is 23.8 Å². The standard InChI is InChI=1S/C20H26F3N5O3/c1-30-11-12-8-26(4-5-31-12)19(29)10-28-18-7-15(23)14(22)6-17(18)25-20(28)27-3-2-13(21)16(24)9-27/h6-7,12-13,16H,2-5,8-11,24H2,1H3/t12?,13-,16-/m1/s1. The minimum Gasteiger partial charge on any atom is -0.382 e. The number of hydrogen-bond acceptors (Lipinski definition) is 6. The minimum absolute atomic E-state index is 0.124. The van der Waals surface area contributed by atoms with E-state index in [1.54, 1.807) is 21.5 Å². The number of amides is 1. The molecule has 0 saturated carbocycles. The Morgan fingerprint density at radius 2 is 2.06 bits per heavy atom. The summed E-state index contributed by atoms with van der Waals surface area (Å²) in [5, 5.41) is 0. The number of piperidine rings is 1. The van der Waals surface area contributed by atoms with Crippen molar-refractivity contribution in [1.29, 1.82) is 0 Å². The Kier molecular flexibility index (Phi) is 6.35. The highest BCUT2D eigenvalue weighted by atomic mass is 19.2. The number of fused-ring (bicyclic) bond motifs is 1. The number of hydrogen-bond donors (Lipinski definition) is 1. The fraction of sp³-hybridized carbons (Fsp3) is 0.600. The largest absolute Gasteiger partial charge is 0.382 e. The number of morpholine rings is 1. The fourth-order valence-electron chi connectivity index (χ4n) is 4.11.